The van der Waals surface area contributed by atoms with Gasteiger partial charge in [-0.25, -0.2) is 4.98 Å². The fourth-order valence-electron chi connectivity index (χ4n) is 2.86. The highest BCUT2D eigenvalue weighted by Gasteiger charge is 2.21. The second kappa shape index (κ2) is 6.26. The van der Waals surface area contributed by atoms with Gasteiger partial charge in [-0.15, -0.1) is 0 Å². The van der Waals surface area contributed by atoms with Crippen LogP contribution in [0.1, 0.15) is 52.9 Å². The van der Waals surface area contributed by atoms with Crippen LogP contribution >= 0.6 is 0 Å². The first-order valence-corrected chi connectivity index (χ1v) is 7.44. The van der Waals surface area contributed by atoms with Gasteiger partial charge < -0.3 is 9.88 Å². The summed E-state index contributed by atoms with van der Waals surface area (Å²) >= 11 is 0. The molecule has 102 valence electrons. The Hall–Kier alpha value is -0.990. The Bertz CT molecular complexity index is 356. The molecule has 1 aromatic rings. The van der Waals surface area contributed by atoms with Crippen molar-refractivity contribution in [3.63, 3.8) is 0 Å². The van der Waals surface area contributed by atoms with E-state index in [4.69, 9.17) is 0 Å². The maximum Gasteiger partial charge on any atom is 0.203 e. The lowest BCUT2D eigenvalue weighted by molar-refractivity contribution is 0.448. The molecule has 1 N–H and O–H groups in total. The molecule has 3 nitrogen and oxygen atoms in total. The minimum atomic E-state index is 0.598. The van der Waals surface area contributed by atoms with E-state index in [2.05, 4.69) is 41.8 Å². The van der Waals surface area contributed by atoms with Crippen molar-refractivity contribution in [3.8, 4) is 0 Å². The molecular weight excluding hydrogens is 222 g/mol. The number of hydrogen-bond donors (Lipinski definition) is 1. The summed E-state index contributed by atoms with van der Waals surface area (Å²) in [6, 6.07) is 0.598. The van der Waals surface area contributed by atoms with Gasteiger partial charge in [0, 0.05) is 25.0 Å². The first-order chi connectivity index (χ1) is 8.66. The van der Waals surface area contributed by atoms with E-state index in [0.717, 1.165) is 18.4 Å². The lowest BCUT2D eigenvalue weighted by atomic mass is 9.97. The van der Waals surface area contributed by atoms with E-state index >= 15 is 0 Å². The zero-order valence-corrected chi connectivity index (χ0v) is 12.0. The molecular formula is C15H27N3. The standard InChI is InChI=1S/C15H27N3/c1-12(2)11-18-10-9-16-15(18)17-14-8-6-4-5-7-13(14)3/h9-10,12-14H,4-8,11H2,1-3H3,(H,16,17). The van der Waals surface area contributed by atoms with Crippen LogP contribution in [0.3, 0.4) is 0 Å². The Morgan fingerprint density at radius 1 is 1.33 bits per heavy atom. The monoisotopic (exact) mass is 249 g/mol. The molecule has 18 heavy (non-hydrogen) atoms. The molecule has 1 aliphatic rings. The quantitative estimate of drug-likeness (QED) is 0.820. The zero-order chi connectivity index (χ0) is 13.0. The van der Waals surface area contributed by atoms with Crippen molar-refractivity contribution < 1.29 is 0 Å². The summed E-state index contributed by atoms with van der Waals surface area (Å²) in [5.74, 6) is 2.48. The van der Waals surface area contributed by atoms with Crippen LogP contribution in [0, 0.1) is 11.8 Å². The SMILES string of the molecule is CC(C)Cn1ccnc1NC1CCCCCC1C. The molecule has 0 amide bonds. The van der Waals surface area contributed by atoms with E-state index in [9.17, 15) is 0 Å². The number of nitrogens with zero attached hydrogens (tertiary/aromatic N) is 2. The molecule has 1 aromatic heterocycles. The minimum Gasteiger partial charge on any atom is -0.353 e. The Morgan fingerprint density at radius 2 is 2.11 bits per heavy atom. The van der Waals surface area contributed by atoms with Crippen LogP contribution in [-0.4, -0.2) is 15.6 Å². The molecule has 2 unspecified atom stereocenters. The maximum atomic E-state index is 4.48. The van der Waals surface area contributed by atoms with E-state index < -0.39 is 0 Å². The molecule has 0 spiro atoms. The van der Waals surface area contributed by atoms with E-state index in [0.29, 0.717) is 12.0 Å². The van der Waals surface area contributed by atoms with E-state index in [-0.39, 0.29) is 0 Å². The first-order valence-electron chi connectivity index (χ1n) is 7.44. The Balaban J connectivity index is 2.01. The molecule has 0 saturated heterocycles. The van der Waals surface area contributed by atoms with Crippen LogP contribution in [0.2, 0.25) is 0 Å². The highest BCUT2D eigenvalue weighted by Crippen LogP contribution is 2.25. The van der Waals surface area contributed by atoms with Gasteiger partial charge in [0.2, 0.25) is 5.95 Å². The third kappa shape index (κ3) is 3.50. The third-order valence-corrected chi connectivity index (χ3v) is 3.95. The second-order valence-electron chi connectivity index (χ2n) is 6.16. The lowest BCUT2D eigenvalue weighted by Crippen LogP contribution is -2.28. The van der Waals surface area contributed by atoms with Gasteiger partial charge in [0.15, 0.2) is 0 Å². The van der Waals surface area contributed by atoms with Crippen LogP contribution in [0.5, 0.6) is 0 Å². The van der Waals surface area contributed by atoms with Crippen molar-refractivity contribution >= 4 is 5.95 Å². The molecule has 0 aromatic carbocycles. The normalized spacial score (nSPS) is 25.1. The van der Waals surface area contributed by atoms with Crippen molar-refractivity contribution in [2.24, 2.45) is 11.8 Å². The Kier molecular flexibility index (Phi) is 4.67. The summed E-state index contributed by atoms with van der Waals surface area (Å²) in [6.07, 6.45) is 10.8. The van der Waals surface area contributed by atoms with Crippen molar-refractivity contribution in [1.29, 1.82) is 0 Å². The van der Waals surface area contributed by atoms with Gasteiger partial charge in [-0.1, -0.05) is 40.0 Å². The minimum absolute atomic E-state index is 0.598. The number of hydrogen-bond acceptors (Lipinski definition) is 2. The molecule has 1 fully saturated rings. The number of anilines is 1. The van der Waals surface area contributed by atoms with Gasteiger partial charge in [0.1, 0.15) is 0 Å². The molecule has 0 radical (unpaired) electrons. The molecule has 2 atom stereocenters. The van der Waals surface area contributed by atoms with Crippen molar-refractivity contribution in [2.45, 2.75) is 65.5 Å². The molecule has 0 bridgehead atoms. The maximum absolute atomic E-state index is 4.48. The van der Waals surface area contributed by atoms with Crippen molar-refractivity contribution in [1.82, 2.24) is 9.55 Å². The lowest BCUT2D eigenvalue weighted by Gasteiger charge is -2.24. The predicted molar refractivity (Wildman–Crippen MR) is 76.7 cm³/mol. The van der Waals surface area contributed by atoms with Gasteiger partial charge in [0.25, 0.3) is 0 Å². The summed E-state index contributed by atoms with van der Waals surface area (Å²) in [4.78, 5) is 4.48. The van der Waals surface area contributed by atoms with Gasteiger partial charge in [0.05, 0.1) is 0 Å². The van der Waals surface area contributed by atoms with Crippen LogP contribution in [0.15, 0.2) is 12.4 Å². The summed E-state index contributed by atoms with van der Waals surface area (Å²) in [5, 5.41) is 3.68. The van der Waals surface area contributed by atoms with Crippen LogP contribution in [0.25, 0.3) is 0 Å². The van der Waals surface area contributed by atoms with Gasteiger partial charge in [-0.2, -0.15) is 0 Å². The molecule has 3 heteroatoms. The molecule has 1 saturated carbocycles. The van der Waals surface area contributed by atoms with Crippen molar-refractivity contribution in [3.05, 3.63) is 12.4 Å². The fraction of sp³-hybridized carbons (Fsp3) is 0.800. The van der Waals surface area contributed by atoms with Crippen LogP contribution in [0.4, 0.5) is 5.95 Å². The summed E-state index contributed by atoms with van der Waals surface area (Å²) in [7, 11) is 0. The Labute approximate surface area is 111 Å². The van der Waals surface area contributed by atoms with E-state index in [1.165, 1.54) is 32.1 Å². The average molecular weight is 249 g/mol. The molecule has 1 heterocycles. The smallest absolute Gasteiger partial charge is 0.203 e. The number of imidazole rings is 1. The van der Waals surface area contributed by atoms with Gasteiger partial charge in [-0.05, 0) is 24.7 Å². The highest BCUT2D eigenvalue weighted by atomic mass is 15.2. The fourth-order valence-corrected chi connectivity index (χ4v) is 2.86. The van der Waals surface area contributed by atoms with Gasteiger partial charge >= 0.3 is 0 Å². The van der Waals surface area contributed by atoms with Gasteiger partial charge in [-0.3, -0.25) is 0 Å². The van der Waals surface area contributed by atoms with Crippen LogP contribution < -0.4 is 5.32 Å². The number of nitrogens with one attached hydrogen (secondary N) is 1. The first kappa shape index (κ1) is 13.4. The summed E-state index contributed by atoms with van der Waals surface area (Å²) in [6.45, 7) is 7.91. The molecule has 1 aliphatic carbocycles. The number of aromatic nitrogens is 2. The van der Waals surface area contributed by atoms with Crippen molar-refractivity contribution in [2.75, 3.05) is 5.32 Å². The summed E-state index contributed by atoms with van der Waals surface area (Å²) in [5.41, 5.74) is 0. The largest absolute Gasteiger partial charge is 0.353 e. The predicted octanol–water partition coefficient (Wildman–Crippen LogP) is 3.92. The summed E-state index contributed by atoms with van der Waals surface area (Å²) < 4.78 is 2.25. The average Bonchev–Trinajstić information content (AvgIpc) is 2.62. The third-order valence-electron chi connectivity index (χ3n) is 3.95. The molecule has 2 rings (SSSR count). The molecule has 0 aliphatic heterocycles. The second-order valence-corrected chi connectivity index (χ2v) is 6.16. The topological polar surface area (TPSA) is 29.9 Å². The van der Waals surface area contributed by atoms with E-state index in [1.54, 1.807) is 0 Å². The zero-order valence-electron chi connectivity index (χ0n) is 12.0. The highest BCUT2D eigenvalue weighted by molar-refractivity contribution is 5.28. The Morgan fingerprint density at radius 3 is 2.89 bits per heavy atom. The van der Waals surface area contributed by atoms with E-state index in [1.807, 2.05) is 6.20 Å². The van der Waals surface area contributed by atoms with Crippen LogP contribution in [-0.2, 0) is 6.54 Å². The number of rotatable bonds is 4.